The fraction of sp³-hybridized carbons (Fsp3) is 0.130. The number of amides is 2. The number of halogens is 1. The van der Waals surface area contributed by atoms with Gasteiger partial charge in [-0.05, 0) is 29.3 Å². The number of rotatable bonds is 3. The van der Waals surface area contributed by atoms with Gasteiger partial charge in [-0.2, -0.15) is 0 Å². The SMILES string of the molecule is O=C1NCCN(C(=O)c2ccc(-c3ccccc3)cc2)C1c1ccccc1F. The van der Waals surface area contributed by atoms with Gasteiger partial charge >= 0.3 is 0 Å². The van der Waals surface area contributed by atoms with Crippen LogP contribution in [0.3, 0.4) is 0 Å². The molecule has 1 heterocycles. The number of nitrogens with one attached hydrogen (secondary N) is 1. The van der Waals surface area contributed by atoms with Crippen molar-refractivity contribution in [1.82, 2.24) is 10.2 Å². The Balaban J connectivity index is 1.64. The number of piperazine rings is 1. The standard InChI is InChI=1S/C23H19FN2O2/c24-20-9-5-4-8-19(20)21-22(27)25-14-15-26(21)23(28)18-12-10-17(11-13-18)16-6-2-1-3-7-16/h1-13,21H,14-15H2,(H,25,27). The van der Waals surface area contributed by atoms with Gasteiger partial charge in [0.25, 0.3) is 5.91 Å². The Hall–Kier alpha value is -3.47. The highest BCUT2D eigenvalue weighted by atomic mass is 19.1. The van der Waals surface area contributed by atoms with E-state index in [1.165, 1.54) is 11.0 Å². The van der Waals surface area contributed by atoms with E-state index in [-0.39, 0.29) is 17.4 Å². The summed E-state index contributed by atoms with van der Waals surface area (Å²) in [5.74, 6) is -1.16. The summed E-state index contributed by atoms with van der Waals surface area (Å²) < 4.78 is 14.3. The van der Waals surface area contributed by atoms with Crippen molar-refractivity contribution in [2.45, 2.75) is 6.04 Å². The minimum absolute atomic E-state index is 0.203. The third-order valence-corrected chi connectivity index (χ3v) is 4.91. The Morgan fingerprint density at radius 3 is 2.25 bits per heavy atom. The molecule has 1 saturated heterocycles. The van der Waals surface area contributed by atoms with E-state index in [0.717, 1.165) is 11.1 Å². The van der Waals surface area contributed by atoms with E-state index < -0.39 is 11.9 Å². The van der Waals surface area contributed by atoms with Crippen molar-refractivity contribution in [3.05, 3.63) is 95.8 Å². The van der Waals surface area contributed by atoms with Crippen LogP contribution in [-0.2, 0) is 4.79 Å². The number of carbonyl (C=O) groups excluding carboxylic acids is 2. The first-order chi connectivity index (χ1) is 13.6. The number of nitrogens with zero attached hydrogens (tertiary/aromatic N) is 1. The van der Waals surface area contributed by atoms with Crippen LogP contribution >= 0.6 is 0 Å². The van der Waals surface area contributed by atoms with Gasteiger partial charge in [0.05, 0.1) is 0 Å². The highest BCUT2D eigenvalue weighted by Gasteiger charge is 2.36. The molecule has 4 nitrogen and oxygen atoms in total. The number of carbonyl (C=O) groups is 2. The summed E-state index contributed by atoms with van der Waals surface area (Å²) in [5.41, 5.74) is 2.73. The minimum atomic E-state index is -0.976. The van der Waals surface area contributed by atoms with Crippen molar-refractivity contribution in [1.29, 1.82) is 0 Å². The van der Waals surface area contributed by atoms with Crippen molar-refractivity contribution in [2.24, 2.45) is 0 Å². The second-order valence-corrected chi connectivity index (χ2v) is 6.66. The molecule has 0 aromatic heterocycles. The van der Waals surface area contributed by atoms with Gasteiger partial charge < -0.3 is 10.2 Å². The van der Waals surface area contributed by atoms with E-state index >= 15 is 0 Å². The molecule has 1 N–H and O–H groups in total. The zero-order valence-electron chi connectivity index (χ0n) is 15.1. The minimum Gasteiger partial charge on any atom is -0.352 e. The number of hydrogen-bond acceptors (Lipinski definition) is 2. The van der Waals surface area contributed by atoms with Crippen molar-refractivity contribution >= 4 is 11.8 Å². The molecule has 1 atom stereocenters. The normalized spacial score (nSPS) is 16.5. The fourth-order valence-electron chi connectivity index (χ4n) is 3.49. The topological polar surface area (TPSA) is 49.4 Å². The lowest BCUT2D eigenvalue weighted by atomic mass is 9.99. The third-order valence-electron chi connectivity index (χ3n) is 4.91. The van der Waals surface area contributed by atoms with Crippen LogP contribution in [-0.4, -0.2) is 29.8 Å². The average molecular weight is 374 g/mol. The molecule has 4 rings (SSSR count). The third kappa shape index (κ3) is 3.39. The van der Waals surface area contributed by atoms with E-state index in [1.807, 2.05) is 42.5 Å². The van der Waals surface area contributed by atoms with Crippen LogP contribution in [0.1, 0.15) is 22.0 Å². The van der Waals surface area contributed by atoms with Crippen LogP contribution in [0.4, 0.5) is 4.39 Å². The van der Waals surface area contributed by atoms with E-state index in [4.69, 9.17) is 0 Å². The van der Waals surface area contributed by atoms with Crippen molar-refractivity contribution < 1.29 is 14.0 Å². The Bertz CT molecular complexity index is 1000. The first kappa shape index (κ1) is 17.9. The summed E-state index contributed by atoms with van der Waals surface area (Å²) >= 11 is 0. The second-order valence-electron chi connectivity index (χ2n) is 6.66. The molecule has 1 unspecified atom stereocenters. The van der Waals surface area contributed by atoms with Gasteiger partial charge in [-0.3, -0.25) is 9.59 Å². The first-order valence-corrected chi connectivity index (χ1v) is 9.14. The van der Waals surface area contributed by atoms with Gasteiger partial charge in [0.1, 0.15) is 11.9 Å². The predicted octanol–water partition coefficient (Wildman–Crippen LogP) is 3.81. The molecule has 28 heavy (non-hydrogen) atoms. The summed E-state index contributed by atoms with van der Waals surface area (Å²) in [6, 6.07) is 22.2. The van der Waals surface area contributed by atoms with Gasteiger partial charge in [-0.15, -0.1) is 0 Å². The van der Waals surface area contributed by atoms with Crippen LogP contribution in [0.25, 0.3) is 11.1 Å². The Morgan fingerprint density at radius 1 is 0.893 bits per heavy atom. The van der Waals surface area contributed by atoms with E-state index in [1.54, 1.807) is 30.3 Å². The number of hydrogen-bond donors (Lipinski definition) is 1. The molecule has 0 saturated carbocycles. The predicted molar refractivity (Wildman–Crippen MR) is 105 cm³/mol. The van der Waals surface area contributed by atoms with E-state index in [2.05, 4.69) is 5.32 Å². The van der Waals surface area contributed by atoms with Crippen LogP contribution in [0, 0.1) is 5.82 Å². The quantitative estimate of drug-likeness (QED) is 0.758. The molecule has 2 amide bonds. The lowest BCUT2D eigenvalue weighted by Crippen LogP contribution is -2.52. The molecular weight excluding hydrogens is 355 g/mol. The maximum atomic E-state index is 14.3. The Labute approximate surface area is 162 Å². The summed E-state index contributed by atoms with van der Waals surface area (Å²) in [5, 5.41) is 2.73. The van der Waals surface area contributed by atoms with Crippen LogP contribution in [0.5, 0.6) is 0 Å². The maximum absolute atomic E-state index is 14.3. The van der Waals surface area contributed by atoms with Gasteiger partial charge in [0.15, 0.2) is 0 Å². The smallest absolute Gasteiger partial charge is 0.254 e. The van der Waals surface area contributed by atoms with Gasteiger partial charge in [-0.1, -0.05) is 60.7 Å². The molecule has 1 aliphatic heterocycles. The van der Waals surface area contributed by atoms with Gasteiger partial charge in [0.2, 0.25) is 5.91 Å². The average Bonchev–Trinajstić information content (AvgIpc) is 2.74. The van der Waals surface area contributed by atoms with Crippen molar-refractivity contribution in [2.75, 3.05) is 13.1 Å². The van der Waals surface area contributed by atoms with Crippen LogP contribution < -0.4 is 5.32 Å². The second kappa shape index (κ2) is 7.64. The largest absolute Gasteiger partial charge is 0.352 e. The van der Waals surface area contributed by atoms with Gasteiger partial charge in [-0.25, -0.2) is 4.39 Å². The monoisotopic (exact) mass is 374 g/mol. The molecule has 5 heteroatoms. The molecule has 140 valence electrons. The van der Waals surface area contributed by atoms with E-state index in [0.29, 0.717) is 18.7 Å². The molecule has 0 aliphatic carbocycles. The molecular formula is C23H19FN2O2. The fourth-order valence-corrected chi connectivity index (χ4v) is 3.49. The Morgan fingerprint density at radius 2 is 1.54 bits per heavy atom. The number of benzene rings is 3. The molecule has 0 radical (unpaired) electrons. The first-order valence-electron chi connectivity index (χ1n) is 9.14. The molecule has 0 bridgehead atoms. The Kier molecular flexibility index (Phi) is 4.89. The lowest BCUT2D eigenvalue weighted by Gasteiger charge is -2.35. The van der Waals surface area contributed by atoms with Crippen LogP contribution in [0.2, 0.25) is 0 Å². The zero-order chi connectivity index (χ0) is 19.5. The molecule has 3 aromatic carbocycles. The summed E-state index contributed by atoms with van der Waals surface area (Å²) in [4.78, 5) is 27.0. The molecule has 3 aromatic rings. The lowest BCUT2D eigenvalue weighted by molar-refractivity contribution is -0.128. The summed E-state index contributed by atoms with van der Waals surface area (Å²) in [7, 11) is 0. The highest BCUT2D eigenvalue weighted by molar-refractivity contribution is 5.99. The van der Waals surface area contributed by atoms with Crippen molar-refractivity contribution in [3.63, 3.8) is 0 Å². The zero-order valence-corrected chi connectivity index (χ0v) is 15.1. The van der Waals surface area contributed by atoms with Crippen LogP contribution in [0.15, 0.2) is 78.9 Å². The highest BCUT2D eigenvalue weighted by Crippen LogP contribution is 2.28. The van der Waals surface area contributed by atoms with Crippen molar-refractivity contribution in [3.8, 4) is 11.1 Å². The summed E-state index contributed by atoms with van der Waals surface area (Å²) in [6.45, 7) is 0.668. The summed E-state index contributed by atoms with van der Waals surface area (Å²) in [6.07, 6.45) is 0. The van der Waals surface area contributed by atoms with E-state index in [9.17, 15) is 14.0 Å². The van der Waals surface area contributed by atoms with Gasteiger partial charge in [0, 0.05) is 24.2 Å². The maximum Gasteiger partial charge on any atom is 0.254 e. The molecule has 1 fully saturated rings. The molecule has 0 spiro atoms. The molecule has 1 aliphatic rings.